The maximum absolute atomic E-state index is 12.0. The van der Waals surface area contributed by atoms with Gasteiger partial charge in [-0.25, -0.2) is 0 Å². The van der Waals surface area contributed by atoms with E-state index in [0.29, 0.717) is 18.3 Å². The third kappa shape index (κ3) is 4.24. The SMILES string of the molecule is CN(Cc1cccs1)C(=O)COCc1nc(-c2ccncc2)no1. The predicted octanol–water partition coefficient (Wildman–Crippen LogP) is 2.37. The number of carbonyl (C=O) groups is 1. The molecule has 0 N–H and O–H groups in total. The zero-order chi connectivity index (χ0) is 16.8. The van der Waals surface area contributed by atoms with Crippen molar-refractivity contribution in [2.24, 2.45) is 0 Å². The van der Waals surface area contributed by atoms with Crippen LogP contribution in [0.5, 0.6) is 0 Å². The summed E-state index contributed by atoms with van der Waals surface area (Å²) in [7, 11) is 1.75. The molecular weight excluding hydrogens is 328 g/mol. The number of hydrogen-bond donors (Lipinski definition) is 0. The molecule has 24 heavy (non-hydrogen) atoms. The molecule has 0 atom stereocenters. The largest absolute Gasteiger partial charge is 0.362 e. The molecule has 124 valence electrons. The monoisotopic (exact) mass is 344 g/mol. The molecule has 0 bridgehead atoms. The van der Waals surface area contributed by atoms with Crippen molar-refractivity contribution < 1.29 is 14.1 Å². The standard InChI is InChI=1S/C16H16N4O3S/c1-20(9-13-3-2-8-24-13)15(21)11-22-10-14-18-16(19-23-14)12-4-6-17-7-5-12/h2-8H,9-11H2,1H3. The van der Waals surface area contributed by atoms with Gasteiger partial charge in [-0.2, -0.15) is 4.98 Å². The van der Waals surface area contributed by atoms with Crippen molar-refractivity contribution in [2.45, 2.75) is 13.2 Å². The van der Waals surface area contributed by atoms with Gasteiger partial charge >= 0.3 is 0 Å². The fourth-order valence-electron chi connectivity index (χ4n) is 1.99. The first-order chi connectivity index (χ1) is 11.7. The number of hydrogen-bond acceptors (Lipinski definition) is 7. The minimum absolute atomic E-state index is 0.0329. The maximum Gasteiger partial charge on any atom is 0.252 e. The summed E-state index contributed by atoms with van der Waals surface area (Å²) in [5.74, 6) is 0.699. The molecule has 0 unspecified atom stereocenters. The van der Waals surface area contributed by atoms with Crippen molar-refractivity contribution in [1.29, 1.82) is 0 Å². The molecule has 0 aliphatic rings. The first-order valence-corrected chi connectivity index (χ1v) is 8.17. The normalized spacial score (nSPS) is 10.7. The van der Waals surface area contributed by atoms with Crippen molar-refractivity contribution in [3.63, 3.8) is 0 Å². The number of amides is 1. The van der Waals surface area contributed by atoms with E-state index in [-0.39, 0.29) is 19.1 Å². The second kappa shape index (κ2) is 7.80. The van der Waals surface area contributed by atoms with Crippen molar-refractivity contribution in [2.75, 3.05) is 13.7 Å². The van der Waals surface area contributed by atoms with E-state index in [0.717, 1.165) is 10.4 Å². The molecule has 0 aromatic carbocycles. The zero-order valence-corrected chi connectivity index (χ0v) is 13.9. The van der Waals surface area contributed by atoms with E-state index >= 15 is 0 Å². The van der Waals surface area contributed by atoms with Crippen molar-refractivity contribution in [3.8, 4) is 11.4 Å². The van der Waals surface area contributed by atoms with Crippen LogP contribution in [-0.4, -0.2) is 39.6 Å². The summed E-state index contributed by atoms with van der Waals surface area (Å²) in [6.07, 6.45) is 3.31. The topological polar surface area (TPSA) is 81.4 Å². The number of nitrogens with zero attached hydrogens (tertiary/aromatic N) is 4. The molecule has 0 fully saturated rings. The summed E-state index contributed by atoms with van der Waals surface area (Å²) in [6, 6.07) is 7.54. The van der Waals surface area contributed by atoms with E-state index in [1.165, 1.54) is 0 Å². The molecule has 3 rings (SSSR count). The number of rotatable bonds is 7. The molecule has 1 amide bonds. The molecule has 0 spiro atoms. The summed E-state index contributed by atoms with van der Waals surface area (Å²) in [4.78, 5) is 22.9. The predicted molar refractivity (Wildman–Crippen MR) is 88.0 cm³/mol. The molecule has 3 heterocycles. The quantitative estimate of drug-likeness (QED) is 0.654. The van der Waals surface area contributed by atoms with Gasteiger partial charge in [-0.15, -0.1) is 11.3 Å². The molecule has 0 aliphatic carbocycles. The molecular formula is C16H16N4O3S. The summed E-state index contributed by atoms with van der Waals surface area (Å²) >= 11 is 1.62. The summed E-state index contributed by atoms with van der Waals surface area (Å²) in [6.45, 7) is 0.637. The third-order valence-electron chi connectivity index (χ3n) is 3.26. The lowest BCUT2D eigenvalue weighted by Crippen LogP contribution is -2.29. The molecule has 0 saturated heterocycles. The minimum Gasteiger partial charge on any atom is -0.362 e. The fraction of sp³-hybridized carbons (Fsp3) is 0.250. The van der Waals surface area contributed by atoms with E-state index in [1.807, 2.05) is 17.5 Å². The van der Waals surface area contributed by atoms with Crippen LogP contribution in [0.3, 0.4) is 0 Å². The van der Waals surface area contributed by atoms with Crippen LogP contribution in [0.2, 0.25) is 0 Å². The highest BCUT2D eigenvalue weighted by molar-refractivity contribution is 7.09. The van der Waals surface area contributed by atoms with Gasteiger partial charge in [0.05, 0.1) is 6.54 Å². The number of aromatic nitrogens is 3. The lowest BCUT2D eigenvalue weighted by atomic mass is 10.2. The molecule has 8 heteroatoms. The summed E-state index contributed by atoms with van der Waals surface area (Å²) in [5.41, 5.74) is 0.812. The van der Waals surface area contributed by atoms with Crippen LogP contribution in [0.1, 0.15) is 10.8 Å². The molecule has 3 aromatic rings. The Balaban J connectivity index is 1.46. The van der Waals surface area contributed by atoms with E-state index < -0.39 is 0 Å². The number of ether oxygens (including phenoxy) is 1. The maximum atomic E-state index is 12.0. The summed E-state index contributed by atoms with van der Waals surface area (Å²) in [5, 5.41) is 5.87. The van der Waals surface area contributed by atoms with E-state index in [2.05, 4.69) is 15.1 Å². The minimum atomic E-state index is -0.0997. The summed E-state index contributed by atoms with van der Waals surface area (Å²) < 4.78 is 10.5. The molecule has 3 aromatic heterocycles. The Morgan fingerprint density at radius 1 is 1.33 bits per heavy atom. The Labute approximate surface area is 142 Å². The number of pyridine rings is 1. The van der Waals surface area contributed by atoms with Gasteiger partial charge in [-0.3, -0.25) is 9.78 Å². The number of carbonyl (C=O) groups excluding carboxylic acids is 1. The number of likely N-dealkylation sites (N-methyl/N-ethyl adjacent to an activating group) is 1. The molecule has 0 aliphatic heterocycles. The highest BCUT2D eigenvalue weighted by Crippen LogP contribution is 2.14. The van der Waals surface area contributed by atoms with Crippen LogP contribution >= 0.6 is 11.3 Å². The molecule has 0 saturated carbocycles. The smallest absolute Gasteiger partial charge is 0.252 e. The van der Waals surface area contributed by atoms with E-state index in [9.17, 15) is 4.79 Å². The van der Waals surface area contributed by atoms with Crippen LogP contribution in [0.4, 0.5) is 0 Å². The lowest BCUT2D eigenvalue weighted by molar-refractivity contribution is -0.136. The Hall–Kier alpha value is -2.58. The van der Waals surface area contributed by atoms with Crippen LogP contribution in [-0.2, 0) is 22.7 Å². The van der Waals surface area contributed by atoms with E-state index in [1.54, 1.807) is 47.8 Å². The number of thiophene rings is 1. The second-order valence-electron chi connectivity index (χ2n) is 5.07. The van der Waals surface area contributed by atoms with Crippen LogP contribution in [0.15, 0.2) is 46.6 Å². The van der Waals surface area contributed by atoms with Gasteiger partial charge in [0, 0.05) is 29.9 Å². The van der Waals surface area contributed by atoms with Gasteiger partial charge < -0.3 is 14.2 Å². The lowest BCUT2D eigenvalue weighted by Gasteiger charge is -2.15. The van der Waals surface area contributed by atoms with Crippen LogP contribution < -0.4 is 0 Å². The van der Waals surface area contributed by atoms with E-state index in [4.69, 9.17) is 9.26 Å². The van der Waals surface area contributed by atoms with Crippen molar-refractivity contribution in [3.05, 3.63) is 52.8 Å². The van der Waals surface area contributed by atoms with Gasteiger partial charge in [0.2, 0.25) is 11.7 Å². The fourth-order valence-corrected chi connectivity index (χ4v) is 2.75. The first-order valence-electron chi connectivity index (χ1n) is 7.29. The van der Waals surface area contributed by atoms with Crippen LogP contribution in [0.25, 0.3) is 11.4 Å². The third-order valence-corrected chi connectivity index (χ3v) is 4.12. The average molecular weight is 344 g/mol. The first kappa shape index (κ1) is 16.3. The van der Waals surface area contributed by atoms with Crippen LogP contribution in [0, 0.1) is 0 Å². The Kier molecular flexibility index (Phi) is 5.29. The van der Waals surface area contributed by atoms with Gasteiger partial charge in [0.25, 0.3) is 5.89 Å². The Morgan fingerprint density at radius 3 is 2.92 bits per heavy atom. The van der Waals surface area contributed by atoms with Gasteiger partial charge in [-0.05, 0) is 23.6 Å². The van der Waals surface area contributed by atoms with Gasteiger partial charge in [0.15, 0.2) is 0 Å². The zero-order valence-electron chi connectivity index (χ0n) is 13.1. The Morgan fingerprint density at radius 2 is 2.17 bits per heavy atom. The van der Waals surface area contributed by atoms with Gasteiger partial charge in [0.1, 0.15) is 13.2 Å². The Bertz CT molecular complexity index is 774. The highest BCUT2D eigenvalue weighted by Gasteiger charge is 2.12. The second-order valence-corrected chi connectivity index (χ2v) is 6.10. The van der Waals surface area contributed by atoms with Gasteiger partial charge in [-0.1, -0.05) is 11.2 Å². The molecule has 0 radical (unpaired) electrons. The van der Waals surface area contributed by atoms with Crippen molar-refractivity contribution >= 4 is 17.2 Å². The highest BCUT2D eigenvalue weighted by atomic mass is 32.1. The van der Waals surface area contributed by atoms with Crippen molar-refractivity contribution in [1.82, 2.24) is 20.0 Å². The molecule has 7 nitrogen and oxygen atoms in total. The average Bonchev–Trinajstić information content (AvgIpc) is 3.27.